The Bertz CT molecular complexity index is 1180. The third kappa shape index (κ3) is 2.84. The molecule has 3 heterocycles. The van der Waals surface area contributed by atoms with Crippen molar-refractivity contribution in [3.63, 3.8) is 0 Å². The highest BCUT2D eigenvalue weighted by Crippen LogP contribution is 2.30. The van der Waals surface area contributed by atoms with Crippen molar-refractivity contribution >= 4 is 33.7 Å². The maximum atomic E-state index is 12.3. The lowest BCUT2D eigenvalue weighted by Crippen LogP contribution is -2.34. The molecule has 1 aliphatic heterocycles. The van der Waals surface area contributed by atoms with Gasteiger partial charge in [-0.25, -0.2) is 4.79 Å². The number of carbonyl (C=O) groups is 1. The molecule has 2 aromatic carbocycles. The van der Waals surface area contributed by atoms with E-state index < -0.39 is 6.09 Å². The molecule has 0 atom stereocenters. The normalized spacial score (nSPS) is 14.2. The van der Waals surface area contributed by atoms with Gasteiger partial charge in [-0.2, -0.15) is 5.10 Å². The monoisotopic (exact) mass is 377 g/mol. The number of amides is 1. The molecule has 5 rings (SSSR count). The minimum atomic E-state index is -0.557. The van der Waals surface area contributed by atoms with Crippen LogP contribution < -0.4 is 10.1 Å². The number of fused-ring (bicyclic) bond motifs is 4. The van der Waals surface area contributed by atoms with Crippen LogP contribution in [0.4, 0.5) is 10.6 Å². The first-order valence-electron chi connectivity index (χ1n) is 9.06. The number of ether oxygens (including phenoxy) is 1. The van der Waals surface area contributed by atoms with Crippen molar-refractivity contribution in [2.24, 2.45) is 0 Å². The third-order valence-corrected chi connectivity index (χ3v) is 5.05. The summed E-state index contributed by atoms with van der Waals surface area (Å²) < 4.78 is 5.33. The van der Waals surface area contributed by atoms with Gasteiger partial charge in [-0.1, -0.05) is 12.1 Å². The molecule has 4 aromatic rings. The van der Waals surface area contributed by atoms with Gasteiger partial charge in [-0.3, -0.25) is 10.4 Å². The Labute approximate surface area is 160 Å². The maximum absolute atomic E-state index is 12.3. The quantitative estimate of drug-likeness (QED) is 0.507. The molecule has 0 radical (unpaired) electrons. The summed E-state index contributed by atoms with van der Waals surface area (Å²) in [6.45, 7) is 1.12. The summed E-state index contributed by atoms with van der Waals surface area (Å²) in [5, 5.41) is 13.4. The number of hydroxylamine groups is 2. The average Bonchev–Trinajstić information content (AvgIpc) is 3.28. The van der Waals surface area contributed by atoms with Gasteiger partial charge in [0.2, 0.25) is 0 Å². The molecule has 1 amide bonds. The molecule has 8 heteroatoms. The Kier molecular flexibility index (Phi) is 3.91. The predicted octanol–water partition coefficient (Wildman–Crippen LogP) is 3.57. The van der Waals surface area contributed by atoms with Crippen LogP contribution in [-0.2, 0) is 17.8 Å². The minimum Gasteiger partial charge on any atom is -0.497 e. The van der Waals surface area contributed by atoms with Crippen LogP contribution in [0.1, 0.15) is 11.3 Å². The number of aromatic nitrogens is 3. The van der Waals surface area contributed by atoms with Gasteiger partial charge in [-0.05, 0) is 42.3 Å². The van der Waals surface area contributed by atoms with Crippen molar-refractivity contribution in [3.8, 4) is 5.75 Å². The van der Waals surface area contributed by atoms with E-state index >= 15 is 0 Å². The standard InChI is InChI=1S/C20H19N5O3/c1-27-12-6-7-16-15(10-12)13-8-9-25(11-18(13)21-16)28-20(26)22-19-14-4-2-3-5-17(14)23-24-19/h2-7,10,21H,8-9,11H2,1H3,(H2,22,23,24,26). The van der Waals surface area contributed by atoms with Gasteiger partial charge < -0.3 is 14.6 Å². The van der Waals surface area contributed by atoms with E-state index in [1.54, 1.807) is 12.2 Å². The second-order valence-electron chi connectivity index (χ2n) is 6.73. The maximum Gasteiger partial charge on any atom is 0.432 e. The lowest BCUT2D eigenvalue weighted by Gasteiger charge is -2.25. The van der Waals surface area contributed by atoms with Gasteiger partial charge >= 0.3 is 6.09 Å². The van der Waals surface area contributed by atoms with E-state index in [-0.39, 0.29) is 0 Å². The number of rotatable bonds is 3. The van der Waals surface area contributed by atoms with Crippen molar-refractivity contribution < 1.29 is 14.4 Å². The van der Waals surface area contributed by atoms with E-state index in [4.69, 9.17) is 9.57 Å². The van der Waals surface area contributed by atoms with E-state index in [1.165, 1.54) is 5.56 Å². The molecule has 8 nitrogen and oxygen atoms in total. The zero-order valence-corrected chi connectivity index (χ0v) is 15.3. The number of aromatic amines is 2. The minimum absolute atomic E-state index is 0.455. The Balaban J connectivity index is 1.30. The molecule has 1 aliphatic rings. The number of hydrogen-bond donors (Lipinski definition) is 3. The molecule has 0 spiro atoms. The molecule has 0 fully saturated rings. The molecule has 0 saturated heterocycles. The molecule has 2 aromatic heterocycles. The zero-order chi connectivity index (χ0) is 19.1. The Morgan fingerprint density at radius 1 is 1.18 bits per heavy atom. The van der Waals surface area contributed by atoms with Crippen LogP contribution in [0.5, 0.6) is 5.75 Å². The SMILES string of the molecule is COc1ccc2[nH]c3c(c2c1)CCN(OC(=O)Nc1n[nH]c2ccccc12)C3. The Hall–Kier alpha value is -3.52. The summed E-state index contributed by atoms with van der Waals surface area (Å²) in [6, 6.07) is 13.6. The number of nitrogens with one attached hydrogen (secondary N) is 3. The molecule has 3 N–H and O–H groups in total. The molecular weight excluding hydrogens is 358 g/mol. The summed E-state index contributed by atoms with van der Waals surface area (Å²) >= 11 is 0. The van der Waals surface area contributed by atoms with Gasteiger partial charge in [0.25, 0.3) is 0 Å². The van der Waals surface area contributed by atoms with E-state index in [0.29, 0.717) is 18.9 Å². The number of benzene rings is 2. The number of nitrogens with zero attached hydrogens (tertiary/aromatic N) is 2. The Morgan fingerprint density at radius 2 is 2.07 bits per heavy atom. The largest absolute Gasteiger partial charge is 0.497 e. The van der Waals surface area contributed by atoms with Crippen LogP contribution >= 0.6 is 0 Å². The second-order valence-corrected chi connectivity index (χ2v) is 6.73. The van der Waals surface area contributed by atoms with E-state index in [2.05, 4.69) is 20.5 Å². The topological polar surface area (TPSA) is 95.3 Å². The van der Waals surface area contributed by atoms with E-state index in [1.807, 2.05) is 42.5 Å². The zero-order valence-electron chi connectivity index (χ0n) is 15.3. The highest BCUT2D eigenvalue weighted by atomic mass is 16.7. The fourth-order valence-corrected chi connectivity index (χ4v) is 3.70. The van der Waals surface area contributed by atoms with Gasteiger partial charge in [0, 0.05) is 28.5 Å². The molecule has 142 valence electrons. The summed E-state index contributed by atoms with van der Waals surface area (Å²) in [7, 11) is 1.66. The number of methoxy groups -OCH3 is 1. The number of H-pyrrole nitrogens is 2. The highest BCUT2D eigenvalue weighted by Gasteiger charge is 2.24. The average molecular weight is 377 g/mol. The van der Waals surface area contributed by atoms with Crippen molar-refractivity contribution in [1.29, 1.82) is 0 Å². The highest BCUT2D eigenvalue weighted by molar-refractivity contribution is 5.96. The first-order chi connectivity index (χ1) is 13.7. The summed E-state index contributed by atoms with van der Waals surface area (Å²) in [5.41, 5.74) is 4.20. The van der Waals surface area contributed by atoms with Crippen LogP contribution in [0.25, 0.3) is 21.8 Å². The lowest BCUT2D eigenvalue weighted by molar-refractivity contribution is -0.106. The van der Waals surface area contributed by atoms with Gasteiger partial charge in [0.15, 0.2) is 5.82 Å². The first-order valence-corrected chi connectivity index (χ1v) is 9.06. The second kappa shape index (κ2) is 6.58. The summed E-state index contributed by atoms with van der Waals surface area (Å²) in [4.78, 5) is 21.2. The Morgan fingerprint density at radius 3 is 2.96 bits per heavy atom. The molecule has 0 bridgehead atoms. The number of hydrogen-bond acceptors (Lipinski definition) is 5. The number of para-hydroxylation sites is 1. The van der Waals surface area contributed by atoms with Crippen molar-refractivity contribution in [1.82, 2.24) is 20.2 Å². The lowest BCUT2D eigenvalue weighted by atomic mass is 10.0. The third-order valence-electron chi connectivity index (χ3n) is 5.05. The van der Waals surface area contributed by atoms with Gasteiger partial charge in [0.05, 0.1) is 19.2 Å². The number of anilines is 1. The van der Waals surface area contributed by atoms with Gasteiger partial charge in [-0.15, -0.1) is 5.06 Å². The predicted molar refractivity (Wildman–Crippen MR) is 105 cm³/mol. The van der Waals surface area contributed by atoms with Crippen molar-refractivity contribution in [3.05, 3.63) is 53.7 Å². The van der Waals surface area contributed by atoms with Crippen LogP contribution in [0.2, 0.25) is 0 Å². The molecule has 28 heavy (non-hydrogen) atoms. The van der Waals surface area contributed by atoms with E-state index in [9.17, 15) is 4.79 Å². The molecule has 0 saturated carbocycles. The van der Waals surface area contributed by atoms with Crippen molar-refractivity contribution in [2.75, 3.05) is 19.0 Å². The van der Waals surface area contributed by atoms with Crippen LogP contribution in [0, 0.1) is 0 Å². The molecule has 0 unspecified atom stereocenters. The number of carbonyl (C=O) groups excluding carboxylic acids is 1. The fraction of sp³-hybridized carbons (Fsp3) is 0.200. The van der Waals surface area contributed by atoms with Crippen molar-refractivity contribution in [2.45, 2.75) is 13.0 Å². The van der Waals surface area contributed by atoms with Crippen LogP contribution in [0.3, 0.4) is 0 Å². The van der Waals surface area contributed by atoms with Crippen LogP contribution in [0.15, 0.2) is 42.5 Å². The molecular formula is C20H19N5O3. The van der Waals surface area contributed by atoms with Crippen LogP contribution in [-0.4, -0.2) is 40.0 Å². The molecule has 0 aliphatic carbocycles. The van der Waals surface area contributed by atoms with Gasteiger partial charge in [0.1, 0.15) is 5.75 Å². The van der Waals surface area contributed by atoms with E-state index in [0.717, 1.165) is 39.7 Å². The fourth-order valence-electron chi connectivity index (χ4n) is 3.70. The first kappa shape index (κ1) is 16.6. The summed E-state index contributed by atoms with van der Waals surface area (Å²) in [6.07, 6.45) is 0.222. The smallest absolute Gasteiger partial charge is 0.432 e. The summed E-state index contributed by atoms with van der Waals surface area (Å²) in [5.74, 6) is 1.29.